The number of aromatic nitrogens is 1. The molecule has 0 unspecified atom stereocenters. The fourth-order valence-corrected chi connectivity index (χ4v) is 1.77. The normalized spacial score (nSPS) is 10.9. The number of hydrogen-bond acceptors (Lipinski definition) is 2. The summed E-state index contributed by atoms with van der Waals surface area (Å²) in [5.74, 6) is 0.884. The van der Waals surface area contributed by atoms with Crippen LogP contribution in [-0.2, 0) is 4.79 Å². The first kappa shape index (κ1) is 14.0. The summed E-state index contributed by atoms with van der Waals surface area (Å²) in [6.45, 7) is 4.32. The van der Waals surface area contributed by atoms with E-state index in [1.54, 1.807) is 18.3 Å². The lowest BCUT2D eigenvalue weighted by atomic mass is 10.0. The van der Waals surface area contributed by atoms with Gasteiger partial charge in [0.05, 0.1) is 0 Å². The summed E-state index contributed by atoms with van der Waals surface area (Å²) >= 11 is 0. The molecule has 1 N–H and O–H groups in total. The van der Waals surface area contributed by atoms with Gasteiger partial charge in [0, 0.05) is 12.3 Å². The molecule has 3 heteroatoms. The van der Waals surface area contributed by atoms with Crippen LogP contribution in [0.15, 0.2) is 54.7 Å². The molecule has 0 bridgehead atoms. The largest absolute Gasteiger partial charge is 0.307 e. The van der Waals surface area contributed by atoms with Crippen molar-refractivity contribution in [2.24, 2.45) is 0 Å². The molecule has 20 heavy (non-hydrogen) atoms. The number of rotatable bonds is 4. The molecule has 0 saturated carbocycles. The molecule has 2 rings (SSSR count). The predicted molar refractivity (Wildman–Crippen MR) is 82.4 cm³/mol. The maximum absolute atomic E-state index is 11.7. The van der Waals surface area contributed by atoms with Crippen LogP contribution in [0, 0.1) is 0 Å². The van der Waals surface area contributed by atoms with Gasteiger partial charge in [-0.25, -0.2) is 4.98 Å². The second kappa shape index (κ2) is 6.66. The highest BCUT2D eigenvalue weighted by Gasteiger charge is 1.99. The highest BCUT2D eigenvalue weighted by atomic mass is 16.1. The number of pyridine rings is 1. The summed E-state index contributed by atoms with van der Waals surface area (Å²) in [5.41, 5.74) is 2.30. The van der Waals surface area contributed by atoms with E-state index in [0.717, 1.165) is 5.56 Å². The monoisotopic (exact) mass is 266 g/mol. The highest BCUT2D eigenvalue weighted by molar-refractivity contribution is 6.01. The number of carbonyl (C=O) groups excluding carboxylic acids is 1. The predicted octanol–water partition coefficient (Wildman–Crippen LogP) is 3.86. The summed E-state index contributed by atoms with van der Waals surface area (Å²) in [4.78, 5) is 15.8. The molecule has 0 atom stereocenters. The number of hydrogen-bond donors (Lipinski definition) is 1. The third kappa shape index (κ3) is 4.05. The number of carbonyl (C=O) groups is 1. The molecule has 3 nitrogen and oxygen atoms in total. The molecule has 102 valence electrons. The second-order valence-electron chi connectivity index (χ2n) is 4.86. The van der Waals surface area contributed by atoms with Crippen LogP contribution in [0.5, 0.6) is 0 Å². The summed E-state index contributed by atoms with van der Waals surface area (Å²) in [7, 11) is 0. The third-order valence-corrected chi connectivity index (χ3v) is 2.95. The number of anilines is 1. The van der Waals surface area contributed by atoms with Gasteiger partial charge in [-0.15, -0.1) is 0 Å². The van der Waals surface area contributed by atoms with E-state index in [0.29, 0.717) is 11.7 Å². The molecule has 0 radical (unpaired) electrons. The van der Waals surface area contributed by atoms with Gasteiger partial charge in [0.25, 0.3) is 0 Å². The second-order valence-corrected chi connectivity index (χ2v) is 4.86. The van der Waals surface area contributed by atoms with Crippen molar-refractivity contribution in [3.63, 3.8) is 0 Å². The molecule has 0 aliphatic rings. The first-order valence-electron chi connectivity index (χ1n) is 6.65. The first-order chi connectivity index (χ1) is 9.65. The van der Waals surface area contributed by atoms with Gasteiger partial charge in [-0.3, -0.25) is 4.79 Å². The molecular weight excluding hydrogens is 248 g/mol. The van der Waals surface area contributed by atoms with E-state index in [2.05, 4.69) is 36.3 Å². The molecular formula is C17H18N2O. The van der Waals surface area contributed by atoms with Crippen LogP contribution in [0.3, 0.4) is 0 Å². The highest BCUT2D eigenvalue weighted by Crippen LogP contribution is 2.15. The zero-order chi connectivity index (χ0) is 14.4. The minimum atomic E-state index is -0.184. The minimum Gasteiger partial charge on any atom is -0.307 e. The van der Waals surface area contributed by atoms with Gasteiger partial charge in [0.2, 0.25) is 5.91 Å². The van der Waals surface area contributed by atoms with Gasteiger partial charge in [-0.2, -0.15) is 0 Å². The third-order valence-electron chi connectivity index (χ3n) is 2.95. The SMILES string of the molecule is CC(C)c1ccc(C=CC(=O)Nc2ccccn2)cc1. The van der Waals surface area contributed by atoms with Gasteiger partial charge >= 0.3 is 0 Å². The zero-order valence-electron chi connectivity index (χ0n) is 11.7. The Morgan fingerprint density at radius 2 is 1.90 bits per heavy atom. The van der Waals surface area contributed by atoms with Crippen LogP contribution in [0.4, 0.5) is 5.82 Å². The van der Waals surface area contributed by atoms with E-state index in [1.807, 2.05) is 24.3 Å². The van der Waals surface area contributed by atoms with Crippen molar-refractivity contribution in [3.05, 3.63) is 65.9 Å². The fourth-order valence-electron chi connectivity index (χ4n) is 1.77. The van der Waals surface area contributed by atoms with Crippen LogP contribution in [-0.4, -0.2) is 10.9 Å². The van der Waals surface area contributed by atoms with E-state index >= 15 is 0 Å². The minimum absolute atomic E-state index is 0.184. The summed E-state index contributed by atoms with van der Waals surface area (Å²) < 4.78 is 0. The Morgan fingerprint density at radius 1 is 1.15 bits per heavy atom. The fraction of sp³-hybridized carbons (Fsp3) is 0.176. The van der Waals surface area contributed by atoms with Gasteiger partial charge in [-0.05, 0) is 35.3 Å². The molecule has 1 aromatic carbocycles. The summed E-state index contributed by atoms with van der Waals surface area (Å²) in [5, 5.41) is 2.70. The average Bonchev–Trinajstić information content (AvgIpc) is 2.46. The first-order valence-corrected chi connectivity index (χ1v) is 6.65. The molecule has 0 aliphatic heterocycles. The quantitative estimate of drug-likeness (QED) is 0.854. The van der Waals surface area contributed by atoms with Crippen molar-refractivity contribution in [1.82, 2.24) is 4.98 Å². The lowest BCUT2D eigenvalue weighted by molar-refractivity contribution is -0.111. The number of amides is 1. The van der Waals surface area contributed by atoms with Gasteiger partial charge in [0.1, 0.15) is 5.82 Å². The van der Waals surface area contributed by atoms with Crippen molar-refractivity contribution in [3.8, 4) is 0 Å². The average molecular weight is 266 g/mol. The Bertz CT molecular complexity index is 586. The van der Waals surface area contributed by atoms with Crippen LogP contribution in [0.2, 0.25) is 0 Å². The molecule has 0 aliphatic carbocycles. The maximum Gasteiger partial charge on any atom is 0.249 e. The van der Waals surface area contributed by atoms with Crippen molar-refractivity contribution in [1.29, 1.82) is 0 Å². The molecule has 1 aromatic heterocycles. The number of nitrogens with one attached hydrogen (secondary N) is 1. The van der Waals surface area contributed by atoms with Gasteiger partial charge in [-0.1, -0.05) is 44.2 Å². The van der Waals surface area contributed by atoms with E-state index in [4.69, 9.17) is 0 Å². The molecule has 2 aromatic rings. The van der Waals surface area contributed by atoms with E-state index < -0.39 is 0 Å². The summed E-state index contributed by atoms with van der Waals surface area (Å²) in [6.07, 6.45) is 4.95. The van der Waals surface area contributed by atoms with Crippen molar-refractivity contribution < 1.29 is 4.79 Å². The summed E-state index contributed by atoms with van der Waals surface area (Å²) in [6, 6.07) is 13.6. The smallest absolute Gasteiger partial charge is 0.249 e. The van der Waals surface area contributed by atoms with E-state index in [1.165, 1.54) is 11.6 Å². The molecule has 1 amide bonds. The Balaban J connectivity index is 1.97. The molecule has 0 spiro atoms. The topological polar surface area (TPSA) is 42.0 Å². The van der Waals surface area contributed by atoms with Crippen molar-refractivity contribution in [2.45, 2.75) is 19.8 Å². The van der Waals surface area contributed by atoms with Crippen LogP contribution in [0.25, 0.3) is 6.08 Å². The van der Waals surface area contributed by atoms with Gasteiger partial charge in [0.15, 0.2) is 0 Å². The maximum atomic E-state index is 11.7. The Kier molecular flexibility index (Phi) is 4.66. The van der Waals surface area contributed by atoms with Gasteiger partial charge < -0.3 is 5.32 Å². The lowest BCUT2D eigenvalue weighted by Crippen LogP contribution is -2.08. The lowest BCUT2D eigenvalue weighted by Gasteiger charge is -2.04. The Labute approximate surface area is 119 Å². The van der Waals surface area contributed by atoms with Crippen LogP contribution in [0.1, 0.15) is 30.9 Å². The number of benzene rings is 1. The van der Waals surface area contributed by atoms with Crippen LogP contribution < -0.4 is 5.32 Å². The van der Waals surface area contributed by atoms with E-state index in [-0.39, 0.29) is 5.91 Å². The van der Waals surface area contributed by atoms with Crippen molar-refractivity contribution >= 4 is 17.8 Å². The number of nitrogens with zero attached hydrogens (tertiary/aromatic N) is 1. The zero-order valence-corrected chi connectivity index (χ0v) is 11.7. The van der Waals surface area contributed by atoms with Crippen molar-refractivity contribution in [2.75, 3.05) is 5.32 Å². The Hall–Kier alpha value is -2.42. The molecule has 0 saturated heterocycles. The molecule has 0 fully saturated rings. The standard InChI is InChI=1S/C17H18N2O/c1-13(2)15-9-6-14(7-10-15)8-11-17(20)19-16-5-3-4-12-18-16/h3-13H,1-2H3,(H,18,19,20). The van der Waals surface area contributed by atoms with E-state index in [9.17, 15) is 4.79 Å². The Morgan fingerprint density at radius 3 is 2.50 bits per heavy atom. The van der Waals surface area contributed by atoms with Crippen LogP contribution >= 0.6 is 0 Å². The molecule has 1 heterocycles.